The number of nitrogens with zero attached hydrogens (tertiary/aromatic N) is 1. The summed E-state index contributed by atoms with van der Waals surface area (Å²) in [5.41, 5.74) is 1.07. The van der Waals surface area contributed by atoms with Gasteiger partial charge < -0.3 is 9.64 Å². The zero-order chi connectivity index (χ0) is 12.8. The standard InChI is InChI=1S/C15H19NOS/c1-17-14-7-5-13(6-8-14)15(18)9-12-16-10-3-2-4-11-16/h5-9,12H,2-4,10-11H2,1H3/b12-9+. The van der Waals surface area contributed by atoms with Crippen LogP contribution in [0.1, 0.15) is 24.8 Å². The van der Waals surface area contributed by atoms with Gasteiger partial charge in [-0.2, -0.15) is 0 Å². The number of hydrogen-bond donors (Lipinski definition) is 0. The fraction of sp³-hybridized carbons (Fsp3) is 0.400. The first-order chi connectivity index (χ1) is 8.79. The van der Waals surface area contributed by atoms with E-state index in [4.69, 9.17) is 17.0 Å². The van der Waals surface area contributed by atoms with E-state index in [2.05, 4.69) is 11.1 Å². The minimum absolute atomic E-state index is 0.863. The number of allylic oxidation sites excluding steroid dienone is 1. The van der Waals surface area contributed by atoms with Crippen LogP contribution in [0.2, 0.25) is 0 Å². The fourth-order valence-electron chi connectivity index (χ4n) is 2.09. The van der Waals surface area contributed by atoms with Crippen molar-refractivity contribution in [2.75, 3.05) is 20.2 Å². The molecular weight excluding hydrogens is 242 g/mol. The molecule has 0 saturated carbocycles. The van der Waals surface area contributed by atoms with Crippen LogP contribution in [0.25, 0.3) is 0 Å². The lowest BCUT2D eigenvalue weighted by molar-refractivity contribution is 0.310. The maximum Gasteiger partial charge on any atom is 0.118 e. The number of likely N-dealkylation sites (tertiary alicyclic amines) is 1. The molecule has 0 N–H and O–H groups in total. The van der Waals surface area contributed by atoms with Crippen LogP contribution < -0.4 is 4.74 Å². The third-order valence-corrected chi connectivity index (χ3v) is 3.57. The van der Waals surface area contributed by atoms with Crippen molar-refractivity contribution in [3.05, 3.63) is 42.1 Å². The lowest BCUT2D eigenvalue weighted by Gasteiger charge is -2.24. The van der Waals surface area contributed by atoms with E-state index in [1.165, 1.54) is 19.3 Å². The lowest BCUT2D eigenvalue weighted by atomic mass is 10.1. The molecule has 1 heterocycles. The van der Waals surface area contributed by atoms with E-state index in [9.17, 15) is 0 Å². The van der Waals surface area contributed by atoms with Gasteiger partial charge in [-0.15, -0.1) is 0 Å². The Hall–Kier alpha value is -1.35. The molecule has 0 aliphatic carbocycles. The van der Waals surface area contributed by atoms with Crippen LogP contribution in [-0.4, -0.2) is 30.0 Å². The Labute approximate surface area is 114 Å². The highest BCUT2D eigenvalue weighted by Gasteiger charge is 2.05. The highest BCUT2D eigenvalue weighted by molar-refractivity contribution is 7.81. The van der Waals surface area contributed by atoms with Crippen molar-refractivity contribution in [1.29, 1.82) is 0 Å². The molecule has 1 aromatic rings. The summed E-state index contributed by atoms with van der Waals surface area (Å²) < 4.78 is 5.13. The molecule has 1 aliphatic rings. The van der Waals surface area contributed by atoms with Gasteiger partial charge in [-0.05, 0) is 55.2 Å². The average Bonchev–Trinajstić information content (AvgIpc) is 2.46. The molecule has 18 heavy (non-hydrogen) atoms. The van der Waals surface area contributed by atoms with Crippen LogP contribution in [-0.2, 0) is 0 Å². The summed E-state index contributed by atoms with van der Waals surface area (Å²) in [6.45, 7) is 2.31. The van der Waals surface area contributed by atoms with Gasteiger partial charge in [-0.25, -0.2) is 0 Å². The van der Waals surface area contributed by atoms with E-state index < -0.39 is 0 Å². The molecule has 96 valence electrons. The van der Waals surface area contributed by atoms with Crippen molar-refractivity contribution in [3.63, 3.8) is 0 Å². The van der Waals surface area contributed by atoms with Crippen LogP contribution in [0.5, 0.6) is 5.75 Å². The molecule has 1 aliphatic heterocycles. The predicted octanol–water partition coefficient (Wildman–Crippen LogP) is 3.41. The largest absolute Gasteiger partial charge is 0.497 e. The van der Waals surface area contributed by atoms with Crippen LogP contribution >= 0.6 is 12.2 Å². The number of rotatable bonds is 4. The number of methoxy groups -OCH3 is 1. The van der Waals surface area contributed by atoms with Gasteiger partial charge in [-0.3, -0.25) is 0 Å². The number of hydrogen-bond acceptors (Lipinski definition) is 3. The Balaban J connectivity index is 1.95. The van der Waals surface area contributed by atoms with Gasteiger partial charge >= 0.3 is 0 Å². The number of ether oxygens (including phenoxy) is 1. The van der Waals surface area contributed by atoms with Crippen LogP contribution in [0.3, 0.4) is 0 Å². The Bertz CT molecular complexity index is 419. The lowest BCUT2D eigenvalue weighted by Crippen LogP contribution is -2.24. The summed E-state index contributed by atoms with van der Waals surface area (Å²) in [5, 5.41) is 0. The first-order valence-corrected chi connectivity index (χ1v) is 6.81. The summed E-state index contributed by atoms with van der Waals surface area (Å²) >= 11 is 5.41. The van der Waals surface area contributed by atoms with Gasteiger partial charge in [0.25, 0.3) is 0 Å². The highest BCUT2D eigenvalue weighted by Crippen LogP contribution is 2.13. The van der Waals surface area contributed by atoms with Gasteiger partial charge in [-0.1, -0.05) is 12.2 Å². The summed E-state index contributed by atoms with van der Waals surface area (Å²) in [6, 6.07) is 7.89. The normalized spacial score (nSPS) is 15.9. The van der Waals surface area contributed by atoms with Gasteiger partial charge in [0.1, 0.15) is 5.75 Å². The Morgan fingerprint density at radius 3 is 2.44 bits per heavy atom. The number of benzene rings is 1. The third kappa shape index (κ3) is 3.57. The van der Waals surface area contributed by atoms with E-state index in [0.29, 0.717) is 0 Å². The molecule has 2 rings (SSSR count). The van der Waals surface area contributed by atoms with Crippen molar-refractivity contribution >= 4 is 17.1 Å². The smallest absolute Gasteiger partial charge is 0.118 e. The van der Waals surface area contributed by atoms with E-state index >= 15 is 0 Å². The maximum atomic E-state index is 5.41. The fourth-order valence-corrected chi connectivity index (χ4v) is 2.29. The molecule has 0 spiro atoms. The highest BCUT2D eigenvalue weighted by atomic mass is 32.1. The number of thiocarbonyl (C=S) groups is 1. The predicted molar refractivity (Wildman–Crippen MR) is 79.3 cm³/mol. The van der Waals surface area contributed by atoms with Crippen LogP contribution in [0.4, 0.5) is 0 Å². The Kier molecular flexibility index (Phi) is 4.76. The summed E-state index contributed by atoms with van der Waals surface area (Å²) in [4.78, 5) is 3.22. The third-order valence-electron chi connectivity index (χ3n) is 3.20. The molecule has 0 bridgehead atoms. The van der Waals surface area contributed by atoms with Gasteiger partial charge in [0.15, 0.2) is 0 Å². The molecule has 3 heteroatoms. The summed E-state index contributed by atoms with van der Waals surface area (Å²) in [5.74, 6) is 0.863. The van der Waals surface area contributed by atoms with Crippen LogP contribution in [0.15, 0.2) is 36.5 Å². The van der Waals surface area contributed by atoms with E-state index in [-0.39, 0.29) is 0 Å². The van der Waals surface area contributed by atoms with E-state index in [1.807, 2.05) is 30.3 Å². The molecule has 0 atom stereocenters. The SMILES string of the molecule is COc1ccc(C(=S)/C=C/N2CCCCC2)cc1. The Morgan fingerprint density at radius 1 is 1.17 bits per heavy atom. The minimum Gasteiger partial charge on any atom is -0.497 e. The molecule has 0 aromatic heterocycles. The van der Waals surface area contributed by atoms with E-state index in [1.54, 1.807) is 7.11 Å². The molecule has 1 aromatic carbocycles. The zero-order valence-corrected chi connectivity index (χ0v) is 11.6. The Morgan fingerprint density at radius 2 is 1.83 bits per heavy atom. The van der Waals surface area contributed by atoms with Crippen molar-refractivity contribution in [2.45, 2.75) is 19.3 Å². The zero-order valence-electron chi connectivity index (χ0n) is 10.8. The number of piperidine rings is 1. The monoisotopic (exact) mass is 261 g/mol. The van der Waals surface area contributed by atoms with Crippen molar-refractivity contribution < 1.29 is 4.74 Å². The summed E-state index contributed by atoms with van der Waals surface area (Å²) in [7, 11) is 1.67. The summed E-state index contributed by atoms with van der Waals surface area (Å²) in [6.07, 6.45) is 8.10. The molecule has 1 fully saturated rings. The molecule has 1 saturated heterocycles. The van der Waals surface area contributed by atoms with Crippen molar-refractivity contribution in [3.8, 4) is 5.75 Å². The first kappa shape index (κ1) is 13.1. The molecule has 0 radical (unpaired) electrons. The molecule has 2 nitrogen and oxygen atoms in total. The van der Waals surface area contributed by atoms with Crippen molar-refractivity contribution in [1.82, 2.24) is 4.90 Å². The van der Waals surface area contributed by atoms with Crippen LogP contribution in [0, 0.1) is 0 Å². The molecular formula is C15H19NOS. The van der Waals surface area contributed by atoms with Gasteiger partial charge in [0, 0.05) is 24.2 Å². The molecule has 0 unspecified atom stereocenters. The van der Waals surface area contributed by atoms with Crippen molar-refractivity contribution in [2.24, 2.45) is 0 Å². The molecule has 0 amide bonds. The second kappa shape index (κ2) is 6.55. The second-order valence-electron chi connectivity index (χ2n) is 4.51. The second-order valence-corrected chi connectivity index (χ2v) is 4.94. The van der Waals surface area contributed by atoms with Gasteiger partial charge in [0.2, 0.25) is 0 Å². The minimum atomic E-state index is 0.863. The average molecular weight is 261 g/mol. The first-order valence-electron chi connectivity index (χ1n) is 6.40. The topological polar surface area (TPSA) is 12.5 Å². The van der Waals surface area contributed by atoms with E-state index in [0.717, 1.165) is 29.3 Å². The maximum absolute atomic E-state index is 5.41. The quantitative estimate of drug-likeness (QED) is 0.468. The van der Waals surface area contributed by atoms with Gasteiger partial charge in [0.05, 0.1) is 7.11 Å².